The topological polar surface area (TPSA) is 32.3 Å². The minimum absolute atomic E-state index is 0.258. The van der Waals surface area contributed by atoms with Crippen LogP contribution in [0.4, 0.5) is 0 Å². The van der Waals surface area contributed by atoms with Gasteiger partial charge in [0.2, 0.25) is 0 Å². The van der Waals surface area contributed by atoms with Crippen molar-refractivity contribution in [2.24, 2.45) is 0 Å². The molecule has 0 aliphatic heterocycles. The smallest absolute Gasteiger partial charge is 0.121 e. The molecule has 0 fully saturated rings. The first kappa shape index (κ1) is 13.0. The number of phenolic OH excluding ortho intramolecular Hbond substituents is 1. The number of aromatic hydroxyl groups is 1. The lowest BCUT2D eigenvalue weighted by molar-refractivity contribution is 0.464. The Balaban J connectivity index is 1.61. The highest BCUT2D eigenvalue weighted by atomic mass is 35.5. The zero-order chi connectivity index (χ0) is 13.2. The normalized spacial score (nSPS) is 13.7. The molecule has 0 bridgehead atoms. The standard InChI is InChI=1S/C15H16ClNOS/c16-13-4-2-5-14(18)12(13)9-17-8-11-7-10-3-1-6-15(10)19-11/h2,4-5,7,17-18H,1,3,6,8-9H2. The molecule has 4 heteroatoms. The average molecular weight is 294 g/mol. The van der Waals surface area contributed by atoms with Crippen LogP contribution in [0.25, 0.3) is 0 Å². The fraction of sp³-hybridized carbons (Fsp3) is 0.333. The molecule has 3 rings (SSSR count). The number of hydrogen-bond acceptors (Lipinski definition) is 3. The largest absolute Gasteiger partial charge is 0.508 e. The molecule has 1 aromatic carbocycles. The van der Waals surface area contributed by atoms with E-state index in [1.165, 1.54) is 29.7 Å². The van der Waals surface area contributed by atoms with Gasteiger partial charge in [0.05, 0.1) is 0 Å². The summed E-state index contributed by atoms with van der Waals surface area (Å²) in [5, 5.41) is 13.7. The fourth-order valence-electron chi connectivity index (χ4n) is 2.51. The number of nitrogens with one attached hydrogen (secondary N) is 1. The molecule has 1 aliphatic carbocycles. The van der Waals surface area contributed by atoms with Crippen molar-refractivity contribution < 1.29 is 5.11 Å². The number of rotatable bonds is 4. The molecule has 0 unspecified atom stereocenters. The molecule has 0 atom stereocenters. The number of halogens is 1. The molecular weight excluding hydrogens is 278 g/mol. The van der Waals surface area contributed by atoms with Crippen LogP contribution in [0.15, 0.2) is 24.3 Å². The number of thiophene rings is 1. The average Bonchev–Trinajstić information content (AvgIpc) is 2.93. The molecule has 0 saturated carbocycles. The van der Waals surface area contributed by atoms with Crippen molar-refractivity contribution in [3.8, 4) is 5.75 Å². The van der Waals surface area contributed by atoms with Gasteiger partial charge < -0.3 is 10.4 Å². The molecule has 1 aromatic heterocycles. The summed E-state index contributed by atoms with van der Waals surface area (Å²) in [7, 11) is 0. The fourth-order valence-corrected chi connectivity index (χ4v) is 3.98. The van der Waals surface area contributed by atoms with Crippen molar-refractivity contribution in [1.82, 2.24) is 5.32 Å². The van der Waals surface area contributed by atoms with Crippen LogP contribution in [-0.2, 0) is 25.9 Å². The molecular formula is C15H16ClNOS. The first-order valence-corrected chi connectivity index (χ1v) is 7.71. The predicted molar refractivity (Wildman–Crippen MR) is 80.0 cm³/mol. The molecule has 2 N–H and O–H groups in total. The van der Waals surface area contributed by atoms with Crippen LogP contribution in [0.5, 0.6) is 5.75 Å². The molecule has 100 valence electrons. The summed E-state index contributed by atoms with van der Waals surface area (Å²) < 4.78 is 0. The molecule has 0 radical (unpaired) electrons. The highest BCUT2D eigenvalue weighted by Crippen LogP contribution is 2.30. The van der Waals surface area contributed by atoms with Crippen molar-refractivity contribution in [3.63, 3.8) is 0 Å². The lowest BCUT2D eigenvalue weighted by atomic mass is 10.2. The Labute approximate surface area is 122 Å². The first-order valence-electron chi connectivity index (χ1n) is 6.51. The van der Waals surface area contributed by atoms with E-state index >= 15 is 0 Å². The van der Waals surface area contributed by atoms with E-state index in [1.54, 1.807) is 23.1 Å². The lowest BCUT2D eigenvalue weighted by Crippen LogP contribution is -2.12. The first-order chi connectivity index (χ1) is 9.24. The highest BCUT2D eigenvalue weighted by molar-refractivity contribution is 7.12. The predicted octanol–water partition coefficient (Wildman–Crippen LogP) is 3.89. The van der Waals surface area contributed by atoms with Gasteiger partial charge in [-0.2, -0.15) is 0 Å². The molecule has 1 aliphatic rings. The van der Waals surface area contributed by atoms with Crippen LogP contribution < -0.4 is 5.32 Å². The van der Waals surface area contributed by atoms with E-state index in [2.05, 4.69) is 11.4 Å². The molecule has 0 amide bonds. The van der Waals surface area contributed by atoms with Crippen LogP contribution in [0, 0.1) is 0 Å². The third-order valence-electron chi connectivity index (χ3n) is 3.49. The van der Waals surface area contributed by atoms with Crippen molar-refractivity contribution in [1.29, 1.82) is 0 Å². The van der Waals surface area contributed by atoms with Crippen molar-refractivity contribution >= 4 is 22.9 Å². The van der Waals surface area contributed by atoms with Gasteiger partial charge in [0.25, 0.3) is 0 Å². The Hall–Kier alpha value is -1.03. The van der Waals surface area contributed by atoms with Gasteiger partial charge in [-0.05, 0) is 43.0 Å². The quantitative estimate of drug-likeness (QED) is 0.896. The number of benzene rings is 1. The van der Waals surface area contributed by atoms with E-state index in [9.17, 15) is 5.11 Å². The number of fused-ring (bicyclic) bond motifs is 1. The second-order valence-corrected chi connectivity index (χ2v) is 6.48. The molecule has 1 heterocycles. The third kappa shape index (κ3) is 2.78. The van der Waals surface area contributed by atoms with Crippen molar-refractivity contribution in [3.05, 3.63) is 50.2 Å². The van der Waals surface area contributed by atoms with Crippen LogP contribution in [0.2, 0.25) is 5.02 Å². The monoisotopic (exact) mass is 293 g/mol. The van der Waals surface area contributed by atoms with E-state index in [-0.39, 0.29) is 5.75 Å². The second-order valence-electron chi connectivity index (χ2n) is 4.86. The molecule has 2 nitrogen and oxygen atoms in total. The van der Waals surface area contributed by atoms with Crippen LogP contribution in [0.1, 0.15) is 27.3 Å². The zero-order valence-electron chi connectivity index (χ0n) is 10.6. The van der Waals surface area contributed by atoms with E-state index in [0.717, 1.165) is 12.1 Å². The maximum Gasteiger partial charge on any atom is 0.121 e. The van der Waals surface area contributed by atoms with E-state index in [1.807, 2.05) is 11.3 Å². The number of phenols is 1. The zero-order valence-corrected chi connectivity index (χ0v) is 12.2. The summed E-state index contributed by atoms with van der Waals surface area (Å²) >= 11 is 7.98. The van der Waals surface area contributed by atoms with Gasteiger partial charge in [0.15, 0.2) is 0 Å². The minimum atomic E-state index is 0.258. The Morgan fingerprint density at radius 1 is 1.26 bits per heavy atom. The van der Waals surface area contributed by atoms with E-state index in [4.69, 9.17) is 11.6 Å². The molecule has 0 saturated heterocycles. The molecule has 0 spiro atoms. The summed E-state index contributed by atoms with van der Waals surface area (Å²) in [5.41, 5.74) is 2.30. The Kier molecular flexibility index (Phi) is 3.78. The van der Waals surface area contributed by atoms with E-state index in [0.29, 0.717) is 11.6 Å². The second kappa shape index (κ2) is 5.53. The van der Waals surface area contributed by atoms with Crippen LogP contribution in [0.3, 0.4) is 0 Å². The highest BCUT2D eigenvalue weighted by Gasteiger charge is 2.14. The van der Waals surface area contributed by atoms with Gasteiger partial charge in [-0.25, -0.2) is 0 Å². The van der Waals surface area contributed by atoms with Gasteiger partial charge in [0, 0.05) is 33.4 Å². The summed E-state index contributed by atoms with van der Waals surface area (Å²) in [5.74, 6) is 0.258. The van der Waals surface area contributed by atoms with Gasteiger partial charge in [-0.1, -0.05) is 17.7 Å². The van der Waals surface area contributed by atoms with Gasteiger partial charge >= 0.3 is 0 Å². The van der Waals surface area contributed by atoms with Gasteiger partial charge in [0.1, 0.15) is 5.75 Å². The SMILES string of the molecule is Oc1cccc(Cl)c1CNCc1cc2c(s1)CCC2. The van der Waals surface area contributed by atoms with E-state index < -0.39 is 0 Å². The third-order valence-corrected chi connectivity index (χ3v) is 5.08. The lowest BCUT2D eigenvalue weighted by Gasteiger charge is -2.07. The summed E-state index contributed by atoms with van der Waals surface area (Å²) in [6, 6.07) is 7.54. The molecule has 19 heavy (non-hydrogen) atoms. The Morgan fingerprint density at radius 3 is 2.95 bits per heavy atom. The Bertz CT molecular complexity index is 552. The maximum absolute atomic E-state index is 9.76. The van der Waals surface area contributed by atoms with Crippen LogP contribution in [-0.4, -0.2) is 5.11 Å². The maximum atomic E-state index is 9.76. The summed E-state index contributed by atoms with van der Waals surface area (Å²) in [6.45, 7) is 1.43. The van der Waals surface area contributed by atoms with Gasteiger partial charge in [-0.3, -0.25) is 0 Å². The van der Waals surface area contributed by atoms with Crippen LogP contribution >= 0.6 is 22.9 Å². The van der Waals surface area contributed by atoms with Crippen molar-refractivity contribution in [2.45, 2.75) is 32.4 Å². The van der Waals surface area contributed by atoms with Gasteiger partial charge in [-0.15, -0.1) is 11.3 Å². The summed E-state index contributed by atoms with van der Waals surface area (Å²) in [6.07, 6.45) is 3.78. The minimum Gasteiger partial charge on any atom is -0.508 e. The number of hydrogen-bond donors (Lipinski definition) is 2. The number of aryl methyl sites for hydroxylation is 2. The summed E-state index contributed by atoms with van der Waals surface area (Å²) in [4.78, 5) is 2.92. The van der Waals surface area contributed by atoms with Crippen molar-refractivity contribution in [2.75, 3.05) is 0 Å². The Morgan fingerprint density at radius 2 is 2.16 bits per heavy atom. The molecule has 2 aromatic rings.